The normalized spacial score (nSPS) is 10.7. The minimum absolute atomic E-state index is 0.110. The smallest absolute Gasteiger partial charge is 0.261 e. The van der Waals surface area contributed by atoms with Crippen LogP contribution < -0.4 is 16.2 Å². The average molecular weight is 413 g/mol. The summed E-state index contributed by atoms with van der Waals surface area (Å²) in [4.78, 5) is 40.5. The van der Waals surface area contributed by atoms with Gasteiger partial charge >= 0.3 is 0 Å². The fourth-order valence-electron chi connectivity index (χ4n) is 2.85. The second kappa shape index (κ2) is 9.84. The highest BCUT2D eigenvalue weighted by atomic mass is 35.5. The van der Waals surface area contributed by atoms with Crippen LogP contribution in [0.1, 0.15) is 23.2 Å². The van der Waals surface area contributed by atoms with E-state index in [1.165, 1.54) is 10.9 Å². The Balaban J connectivity index is 1.37. The topological polar surface area (TPSA) is 93.1 Å². The van der Waals surface area contributed by atoms with Crippen LogP contribution in [0.4, 0.5) is 0 Å². The van der Waals surface area contributed by atoms with E-state index >= 15 is 0 Å². The molecule has 3 aromatic rings. The van der Waals surface area contributed by atoms with Crippen molar-refractivity contribution in [2.45, 2.75) is 19.4 Å². The van der Waals surface area contributed by atoms with Crippen molar-refractivity contribution in [1.82, 2.24) is 20.2 Å². The standard InChI is InChI=1S/C21H21ClN4O3/c22-16-9-7-15(8-10-16)20(28)24-12-11-23-19(27)6-3-13-26-14-25-18-5-2-1-4-17(18)21(26)29/h1-2,4-5,7-10,14H,3,6,11-13H2,(H,23,27)(H,24,28). The summed E-state index contributed by atoms with van der Waals surface area (Å²) in [5.41, 5.74) is 1.06. The van der Waals surface area contributed by atoms with Gasteiger partial charge in [0.05, 0.1) is 17.2 Å². The van der Waals surface area contributed by atoms with Crippen molar-refractivity contribution in [1.29, 1.82) is 0 Å². The molecule has 0 spiro atoms. The monoisotopic (exact) mass is 412 g/mol. The van der Waals surface area contributed by atoms with Gasteiger partial charge in [0, 0.05) is 36.6 Å². The summed E-state index contributed by atoms with van der Waals surface area (Å²) in [7, 11) is 0. The molecule has 0 atom stereocenters. The molecule has 3 rings (SSSR count). The van der Waals surface area contributed by atoms with Crippen LogP contribution in [0.15, 0.2) is 59.7 Å². The SMILES string of the molecule is O=C(CCCn1cnc2ccccc2c1=O)NCCNC(=O)c1ccc(Cl)cc1. The number of hydrogen-bond donors (Lipinski definition) is 2. The molecule has 150 valence electrons. The molecule has 2 aromatic carbocycles. The second-order valence-corrected chi connectivity index (χ2v) is 6.91. The molecule has 0 bridgehead atoms. The van der Waals surface area contributed by atoms with Gasteiger partial charge in [-0.2, -0.15) is 0 Å². The molecule has 0 aliphatic carbocycles. The van der Waals surface area contributed by atoms with Crippen LogP contribution in [0.25, 0.3) is 10.9 Å². The van der Waals surface area contributed by atoms with Crippen molar-refractivity contribution in [3.05, 3.63) is 75.8 Å². The number of amides is 2. The first-order valence-corrected chi connectivity index (χ1v) is 9.67. The Labute approximate surface area is 172 Å². The Bertz CT molecular complexity index is 1060. The van der Waals surface area contributed by atoms with Crippen LogP contribution in [-0.2, 0) is 11.3 Å². The molecule has 0 saturated carbocycles. The summed E-state index contributed by atoms with van der Waals surface area (Å²) in [5, 5.41) is 6.61. The molecule has 2 amide bonds. The van der Waals surface area contributed by atoms with Crippen LogP contribution in [0, 0.1) is 0 Å². The fraction of sp³-hybridized carbons (Fsp3) is 0.238. The molecule has 0 aliphatic rings. The number of halogens is 1. The lowest BCUT2D eigenvalue weighted by atomic mass is 10.2. The number of rotatable bonds is 8. The first kappa shape index (κ1) is 20.5. The van der Waals surface area contributed by atoms with Crippen molar-refractivity contribution >= 4 is 34.3 Å². The Kier molecular flexibility index (Phi) is 6.97. The highest BCUT2D eigenvalue weighted by Gasteiger charge is 2.07. The molecule has 29 heavy (non-hydrogen) atoms. The molecule has 0 aliphatic heterocycles. The predicted octanol–water partition coefficient (Wildman–Crippen LogP) is 2.38. The molecule has 2 N–H and O–H groups in total. The zero-order chi connectivity index (χ0) is 20.6. The lowest BCUT2D eigenvalue weighted by Crippen LogP contribution is -2.34. The van der Waals surface area contributed by atoms with Crippen LogP contribution in [0.3, 0.4) is 0 Å². The maximum Gasteiger partial charge on any atom is 0.261 e. The van der Waals surface area contributed by atoms with Gasteiger partial charge in [-0.3, -0.25) is 19.0 Å². The highest BCUT2D eigenvalue weighted by Crippen LogP contribution is 2.09. The van der Waals surface area contributed by atoms with E-state index in [0.29, 0.717) is 47.5 Å². The van der Waals surface area contributed by atoms with Gasteiger partial charge in [0.15, 0.2) is 0 Å². The molecule has 0 saturated heterocycles. The van der Waals surface area contributed by atoms with E-state index in [1.54, 1.807) is 42.5 Å². The molecule has 0 radical (unpaired) electrons. The first-order valence-electron chi connectivity index (χ1n) is 9.29. The maximum absolute atomic E-state index is 12.4. The molecular formula is C21H21ClN4O3. The summed E-state index contributed by atoms with van der Waals surface area (Å²) in [6.45, 7) is 1.06. The number of carbonyl (C=O) groups excluding carboxylic acids is 2. The van der Waals surface area contributed by atoms with Gasteiger partial charge in [-0.1, -0.05) is 23.7 Å². The second-order valence-electron chi connectivity index (χ2n) is 6.48. The molecule has 0 unspecified atom stereocenters. The molecular weight excluding hydrogens is 392 g/mol. The number of para-hydroxylation sites is 1. The van der Waals surface area contributed by atoms with Gasteiger partial charge in [-0.15, -0.1) is 0 Å². The Morgan fingerprint density at radius 1 is 1.00 bits per heavy atom. The summed E-state index contributed by atoms with van der Waals surface area (Å²) in [6, 6.07) is 13.7. The van der Waals surface area contributed by atoms with E-state index in [-0.39, 0.29) is 23.8 Å². The molecule has 8 heteroatoms. The van der Waals surface area contributed by atoms with Crippen molar-refractivity contribution in [3.8, 4) is 0 Å². The zero-order valence-electron chi connectivity index (χ0n) is 15.7. The van der Waals surface area contributed by atoms with Gasteiger partial charge in [0.2, 0.25) is 5.91 Å². The van der Waals surface area contributed by atoms with Gasteiger partial charge in [-0.25, -0.2) is 4.98 Å². The quantitative estimate of drug-likeness (QED) is 0.555. The third-order valence-electron chi connectivity index (χ3n) is 4.37. The number of hydrogen-bond acceptors (Lipinski definition) is 4. The third-order valence-corrected chi connectivity index (χ3v) is 4.63. The number of nitrogens with zero attached hydrogens (tertiary/aromatic N) is 2. The van der Waals surface area contributed by atoms with E-state index in [0.717, 1.165) is 0 Å². The van der Waals surface area contributed by atoms with E-state index < -0.39 is 0 Å². The zero-order valence-corrected chi connectivity index (χ0v) is 16.5. The Morgan fingerprint density at radius 2 is 1.72 bits per heavy atom. The third kappa shape index (κ3) is 5.65. The number of aryl methyl sites for hydroxylation is 1. The van der Waals surface area contributed by atoms with Crippen LogP contribution >= 0.6 is 11.6 Å². The lowest BCUT2D eigenvalue weighted by Gasteiger charge is -2.08. The average Bonchev–Trinajstić information content (AvgIpc) is 2.73. The van der Waals surface area contributed by atoms with Crippen molar-refractivity contribution in [2.24, 2.45) is 0 Å². The van der Waals surface area contributed by atoms with E-state index in [2.05, 4.69) is 15.6 Å². The predicted molar refractivity (Wildman–Crippen MR) is 112 cm³/mol. The van der Waals surface area contributed by atoms with Gasteiger partial charge in [0.1, 0.15) is 0 Å². The number of aromatic nitrogens is 2. The van der Waals surface area contributed by atoms with Crippen LogP contribution in [0.5, 0.6) is 0 Å². The van der Waals surface area contributed by atoms with Crippen molar-refractivity contribution in [2.75, 3.05) is 13.1 Å². The molecule has 0 fully saturated rings. The van der Waals surface area contributed by atoms with E-state index in [1.807, 2.05) is 6.07 Å². The van der Waals surface area contributed by atoms with Crippen LogP contribution in [-0.4, -0.2) is 34.5 Å². The first-order chi connectivity index (χ1) is 14.0. The lowest BCUT2D eigenvalue weighted by molar-refractivity contribution is -0.121. The number of fused-ring (bicyclic) bond motifs is 1. The minimum atomic E-state index is -0.223. The maximum atomic E-state index is 12.4. The fourth-order valence-corrected chi connectivity index (χ4v) is 2.97. The summed E-state index contributed by atoms with van der Waals surface area (Å²) in [6.07, 6.45) is 2.31. The molecule has 1 heterocycles. The van der Waals surface area contributed by atoms with E-state index in [4.69, 9.17) is 11.6 Å². The van der Waals surface area contributed by atoms with Crippen molar-refractivity contribution < 1.29 is 9.59 Å². The summed E-state index contributed by atoms with van der Waals surface area (Å²) < 4.78 is 1.52. The van der Waals surface area contributed by atoms with Gasteiger partial charge < -0.3 is 10.6 Å². The summed E-state index contributed by atoms with van der Waals surface area (Å²) in [5.74, 6) is -0.355. The minimum Gasteiger partial charge on any atom is -0.354 e. The Hall–Kier alpha value is -3.19. The van der Waals surface area contributed by atoms with Crippen molar-refractivity contribution in [3.63, 3.8) is 0 Å². The number of nitrogens with one attached hydrogen (secondary N) is 2. The number of benzene rings is 2. The van der Waals surface area contributed by atoms with Gasteiger partial charge in [-0.05, 0) is 42.8 Å². The number of carbonyl (C=O) groups is 2. The summed E-state index contributed by atoms with van der Waals surface area (Å²) >= 11 is 5.79. The largest absolute Gasteiger partial charge is 0.354 e. The Morgan fingerprint density at radius 3 is 2.52 bits per heavy atom. The van der Waals surface area contributed by atoms with Gasteiger partial charge in [0.25, 0.3) is 11.5 Å². The van der Waals surface area contributed by atoms with E-state index in [9.17, 15) is 14.4 Å². The molecule has 7 nitrogen and oxygen atoms in total. The molecule has 1 aromatic heterocycles. The van der Waals surface area contributed by atoms with Crippen LogP contribution in [0.2, 0.25) is 5.02 Å². The highest BCUT2D eigenvalue weighted by molar-refractivity contribution is 6.30.